The molecule has 0 radical (unpaired) electrons. The number of nitrogens with zero attached hydrogens (tertiary/aromatic N) is 5. The molecule has 2 heterocycles. The Hall–Kier alpha value is -2.36. The zero-order valence-corrected chi connectivity index (χ0v) is 11.3. The topological polar surface area (TPSA) is 116 Å². The molecule has 1 N–H and O–H groups in total. The van der Waals surface area contributed by atoms with E-state index in [1.807, 2.05) is 0 Å². The first-order chi connectivity index (χ1) is 9.54. The molecule has 2 aromatic heterocycles. The maximum atomic E-state index is 12.0. The van der Waals surface area contributed by atoms with Gasteiger partial charge in [0.15, 0.2) is 0 Å². The van der Waals surface area contributed by atoms with Crippen LogP contribution in [-0.2, 0) is 7.05 Å². The standard InChI is InChI=1S/C10H10N6O3S/c1-15-4-6(16(18)19)7(14-15)8(17)11-10-13-12-9(20-10)5-2-3-5/h4-5H,2-3H2,1H3,(H,11,13,17). The number of hydrogen-bond acceptors (Lipinski definition) is 7. The lowest BCUT2D eigenvalue weighted by molar-refractivity contribution is -0.385. The van der Waals surface area contributed by atoms with Crippen molar-refractivity contribution in [2.45, 2.75) is 18.8 Å². The third-order valence-corrected chi connectivity index (χ3v) is 3.81. The summed E-state index contributed by atoms with van der Waals surface area (Å²) in [5.41, 5.74) is -0.572. The fraction of sp³-hybridized carbons (Fsp3) is 0.400. The Morgan fingerprint density at radius 2 is 2.30 bits per heavy atom. The third-order valence-electron chi connectivity index (χ3n) is 2.81. The molecule has 0 saturated heterocycles. The predicted octanol–water partition coefficient (Wildman–Crippen LogP) is 1.31. The maximum absolute atomic E-state index is 12.0. The van der Waals surface area contributed by atoms with E-state index in [0.29, 0.717) is 11.0 Å². The van der Waals surface area contributed by atoms with E-state index in [0.717, 1.165) is 17.8 Å². The van der Waals surface area contributed by atoms with Crippen LogP contribution in [0.25, 0.3) is 0 Å². The van der Waals surface area contributed by atoms with Crippen molar-refractivity contribution in [3.63, 3.8) is 0 Å². The lowest BCUT2D eigenvalue weighted by Crippen LogP contribution is -2.14. The van der Waals surface area contributed by atoms with Crippen LogP contribution in [0.5, 0.6) is 0 Å². The summed E-state index contributed by atoms with van der Waals surface area (Å²) >= 11 is 1.29. The van der Waals surface area contributed by atoms with E-state index < -0.39 is 10.8 Å². The van der Waals surface area contributed by atoms with Gasteiger partial charge in [0.2, 0.25) is 10.8 Å². The van der Waals surface area contributed by atoms with Crippen LogP contribution in [0.3, 0.4) is 0 Å². The van der Waals surface area contributed by atoms with E-state index in [1.54, 1.807) is 0 Å². The molecule has 10 heteroatoms. The van der Waals surface area contributed by atoms with Gasteiger partial charge < -0.3 is 0 Å². The number of anilines is 1. The van der Waals surface area contributed by atoms with Gasteiger partial charge in [-0.25, -0.2) is 0 Å². The molecule has 0 atom stereocenters. The molecule has 2 aromatic rings. The molecule has 104 valence electrons. The molecule has 20 heavy (non-hydrogen) atoms. The summed E-state index contributed by atoms with van der Waals surface area (Å²) in [6, 6.07) is 0. The average molecular weight is 294 g/mol. The molecule has 0 unspecified atom stereocenters. The van der Waals surface area contributed by atoms with Crippen molar-refractivity contribution < 1.29 is 9.72 Å². The summed E-state index contributed by atoms with van der Waals surface area (Å²) in [7, 11) is 1.51. The molecule has 0 spiro atoms. The first-order valence-electron chi connectivity index (χ1n) is 5.87. The fourth-order valence-electron chi connectivity index (χ4n) is 1.71. The number of carbonyl (C=O) groups is 1. The Morgan fingerprint density at radius 3 is 2.95 bits per heavy atom. The number of aryl methyl sites for hydroxylation is 1. The van der Waals surface area contributed by atoms with E-state index in [9.17, 15) is 14.9 Å². The Morgan fingerprint density at radius 1 is 1.55 bits per heavy atom. The molecule has 0 aromatic carbocycles. The summed E-state index contributed by atoms with van der Waals surface area (Å²) in [6.45, 7) is 0. The first kappa shape index (κ1) is 12.7. The second kappa shape index (κ2) is 4.63. The number of carbonyl (C=O) groups excluding carboxylic acids is 1. The zero-order chi connectivity index (χ0) is 14.3. The number of aromatic nitrogens is 4. The van der Waals surface area contributed by atoms with Crippen molar-refractivity contribution in [1.29, 1.82) is 0 Å². The Balaban J connectivity index is 1.79. The Labute approximate surface area is 116 Å². The molecule has 1 saturated carbocycles. The molecular weight excluding hydrogens is 284 g/mol. The normalized spacial score (nSPS) is 14.2. The van der Waals surface area contributed by atoms with Crippen molar-refractivity contribution in [2.75, 3.05) is 5.32 Å². The van der Waals surface area contributed by atoms with Gasteiger partial charge in [-0.2, -0.15) is 5.10 Å². The number of nitrogens with one attached hydrogen (secondary N) is 1. The van der Waals surface area contributed by atoms with Gasteiger partial charge in [-0.3, -0.25) is 24.9 Å². The van der Waals surface area contributed by atoms with Crippen molar-refractivity contribution >= 4 is 28.1 Å². The van der Waals surface area contributed by atoms with Gasteiger partial charge >= 0.3 is 5.69 Å². The van der Waals surface area contributed by atoms with Crippen molar-refractivity contribution in [3.8, 4) is 0 Å². The van der Waals surface area contributed by atoms with Crippen LogP contribution >= 0.6 is 11.3 Å². The van der Waals surface area contributed by atoms with E-state index in [-0.39, 0.29) is 11.4 Å². The molecule has 0 bridgehead atoms. The highest BCUT2D eigenvalue weighted by atomic mass is 32.1. The van der Waals surface area contributed by atoms with Crippen molar-refractivity contribution in [1.82, 2.24) is 20.0 Å². The van der Waals surface area contributed by atoms with Gasteiger partial charge in [0.05, 0.1) is 4.92 Å². The van der Waals surface area contributed by atoms with Gasteiger partial charge in [-0.1, -0.05) is 11.3 Å². The number of nitro groups is 1. The molecule has 3 rings (SSSR count). The van der Waals surface area contributed by atoms with E-state index in [4.69, 9.17) is 0 Å². The maximum Gasteiger partial charge on any atom is 0.320 e. The molecule has 1 fully saturated rings. The van der Waals surface area contributed by atoms with Gasteiger partial charge in [-0.05, 0) is 12.8 Å². The minimum atomic E-state index is -0.657. The van der Waals surface area contributed by atoms with Crippen LogP contribution in [0.15, 0.2) is 6.20 Å². The van der Waals surface area contributed by atoms with Crippen LogP contribution in [0.2, 0.25) is 0 Å². The fourth-order valence-corrected chi connectivity index (χ4v) is 2.62. The molecule has 0 aliphatic heterocycles. The van der Waals surface area contributed by atoms with Crippen LogP contribution in [0.1, 0.15) is 34.3 Å². The second-order valence-electron chi connectivity index (χ2n) is 4.47. The molecular formula is C10H10N6O3S. The van der Waals surface area contributed by atoms with Gasteiger partial charge in [-0.15, -0.1) is 10.2 Å². The van der Waals surface area contributed by atoms with E-state index >= 15 is 0 Å². The van der Waals surface area contributed by atoms with Crippen LogP contribution < -0.4 is 5.32 Å². The highest BCUT2D eigenvalue weighted by Gasteiger charge is 2.29. The van der Waals surface area contributed by atoms with Crippen molar-refractivity contribution in [3.05, 3.63) is 27.0 Å². The minimum Gasteiger partial charge on any atom is -0.295 e. The molecule has 1 amide bonds. The van der Waals surface area contributed by atoms with Gasteiger partial charge in [0, 0.05) is 13.0 Å². The van der Waals surface area contributed by atoms with Crippen LogP contribution in [-0.4, -0.2) is 30.8 Å². The zero-order valence-electron chi connectivity index (χ0n) is 10.4. The number of rotatable bonds is 4. The lowest BCUT2D eigenvalue weighted by atomic mass is 10.3. The third kappa shape index (κ3) is 2.37. The van der Waals surface area contributed by atoms with Crippen LogP contribution in [0.4, 0.5) is 10.8 Å². The lowest BCUT2D eigenvalue weighted by Gasteiger charge is -1.96. The summed E-state index contributed by atoms with van der Waals surface area (Å²) in [6.07, 6.45) is 3.37. The van der Waals surface area contributed by atoms with Gasteiger partial charge in [0.25, 0.3) is 5.91 Å². The average Bonchev–Trinajstić information content (AvgIpc) is 3.01. The number of amides is 1. The van der Waals surface area contributed by atoms with E-state index in [2.05, 4.69) is 20.6 Å². The summed E-state index contributed by atoms with van der Waals surface area (Å²) in [4.78, 5) is 22.2. The van der Waals surface area contributed by atoms with Crippen LogP contribution in [0, 0.1) is 10.1 Å². The molecule has 1 aliphatic carbocycles. The minimum absolute atomic E-state index is 0.235. The summed E-state index contributed by atoms with van der Waals surface area (Å²) in [5, 5.41) is 26.2. The number of hydrogen-bond donors (Lipinski definition) is 1. The highest BCUT2D eigenvalue weighted by Crippen LogP contribution is 2.42. The Bertz CT molecular complexity index is 689. The summed E-state index contributed by atoms with van der Waals surface area (Å²) < 4.78 is 1.22. The largest absolute Gasteiger partial charge is 0.320 e. The smallest absolute Gasteiger partial charge is 0.295 e. The first-order valence-corrected chi connectivity index (χ1v) is 6.69. The van der Waals surface area contributed by atoms with E-state index in [1.165, 1.54) is 29.3 Å². The quantitative estimate of drug-likeness (QED) is 0.671. The SMILES string of the molecule is Cn1cc([N+](=O)[O-])c(C(=O)Nc2nnc(C3CC3)s2)n1. The Kier molecular flexibility index (Phi) is 2.93. The highest BCUT2D eigenvalue weighted by molar-refractivity contribution is 7.15. The molecule has 1 aliphatic rings. The predicted molar refractivity (Wildman–Crippen MR) is 69.7 cm³/mol. The monoisotopic (exact) mass is 294 g/mol. The van der Waals surface area contributed by atoms with Gasteiger partial charge in [0.1, 0.15) is 11.2 Å². The van der Waals surface area contributed by atoms with Crippen molar-refractivity contribution in [2.24, 2.45) is 7.05 Å². The second-order valence-corrected chi connectivity index (χ2v) is 5.48. The molecule has 9 nitrogen and oxygen atoms in total. The summed E-state index contributed by atoms with van der Waals surface area (Å²) in [5.74, 6) is -0.210.